The van der Waals surface area contributed by atoms with Gasteiger partial charge in [0.2, 0.25) is 5.91 Å². The molecule has 33 heavy (non-hydrogen) atoms. The Labute approximate surface area is 202 Å². The van der Waals surface area contributed by atoms with Gasteiger partial charge < -0.3 is 4.74 Å². The summed E-state index contributed by atoms with van der Waals surface area (Å²) in [5.41, 5.74) is 7.63. The molecule has 1 fully saturated rings. The third-order valence-electron chi connectivity index (χ3n) is 4.91. The number of methoxy groups -OCH3 is 1. The Balaban J connectivity index is 1.40. The number of hydrogen-bond donors (Lipinski definition) is 2. The number of hydrazine groups is 1. The van der Waals surface area contributed by atoms with E-state index in [0.717, 1.165) is 30.5 Å². The highest BCUT2D eigenvalue weighted by Crippen LogP contribution is 2.32. The lowest BCUT2D eigenvalue weighted by Crippen LogP contribution is -2.29. The van der Waals surface area contributed by atoms with Gasteiger partial charge in [-0.25, -0.2) is 4.79 Å². The minimum absolute atomic E-state index is 0.0781. The second-order valence-electron chi connectivity index (χ2n) is 7.30. The van der Waals surface area contributed by atoms with E-state index >= 15 is 0 Å². The van der Waals surface area contributed by atoms with Crippen LogP contribution in [0.1, 0.15) is 41.6 Å². The number of para-hydroxylation sites is 1. The Morgan fingerprint density at radius 1 is 1.06 bits per heavy atom. The molecule has 0 aromatic heterocycles. The summed E-state index contributed by atoms with van der Waals surface area (Å²) in [4.78, 5) is 38.4. The van der Waals surface area contributed by atoms with Crippen molar-refractivity contribution in [3.05, 3.63) is 70.6 Å². The molecule has 1 heterocycles. The van der Waals surface area contributed by atoms with Gasteiger partial charge in [0, 0.05) is 13.0 Å². The molecule has 2 aromatic rings. The van der Waals surface area contributed by atoms with Crippen molar-refractivity contribution in [2.75, 3.05) is 19.1 Å². The average Bonchev–Trinajstić information content (AvgIpc) is 3.10. The molecular formula is C24H25N3O4S2. The van der Waals surface area contributed by atoms with Crippen molar-refractivity contribution in [3.63, 3.8) is 0 Å². The summed E-state index contributed by atoms with van der Waals surface area (Å²) in [6.07, 6.45) is 4.46. The van der Waals surface area contributed by atoms with Crippen molar-refractivity contribution in [1.82, 2.24) is 10.3 Å². The molecule has 3 rings (SSSR count). The predicted octanol–water partition coefficient (Wildman–Crippen LogP) is 4.38. The number of hydrogen-bond acceptors (Lipinski definition) is 7. The van der Waals surface area contributed by atoms with E-state index < -0.39 is 5.97 Å². The molecule has 1 aliphatic rings. The van der Waals surface area contributed by atoms with E-state index in [4.69, 9.17) is 17.0 Å². The van der Waals surface area contributed by atoms with Crippen LogP contribution in [0, 0.1) is 0 Å². The van der Waals surface area contributed by atoms with Crippen molar-refractivity contribution in [1.29, 1.82) is 0 Å². The fourth-order valence-electron chi connectivity index (χ4n) is 3.14. The average molecular weight is 484 g/mol. The lowest BCUT2D eigenvalue weighted by atomic mass is 10.1. The number of amides is 2. The van der Waals surface area contributed by atoms with Gasteiger partial charge in [-0.2, -0.15) is 0 Å². The molecule has 1 aliphatic heterocycles. The Morgan fingerprint density at radius 2 is 1.79 bits per heavy atom. The van der Waals surface area contributed by atoms with Crippen LogP contribution in [0.5, 0.6) is 0 Å². The molecule has 2 N–H and O–H groups in total. The second kappa shape index (κ2) is 12.2. The van der Waals surface area contributed by atoms with Gasteiger partial charge in [0.05, 0.1) is 23.3 Å². The van der Waals surface area contributed by atoms with Gasteiger partial charge >= 0.3 is 5.97 Å². The topological polar surface area (TPSA) is 87.7 Å². The Morgan fingerprint density at radius 3 is 2.48 bits per heavy atom. The minimum Gasteiger partial charge on any atom is -0.465 e. The van der Waals surface area contributed by atoms with Crippen LogP contribution in [0.2, 0.25) is 0 Å². The molecule has 1 saturated heterocycles. The number of rotatable bonds is 10. The summed E-state index contributed by atoms with van der Waals surface area (Å²) in [5, 5.41) is 0. The monoisotopic (exact) mass is 483 g/mol. The maximum atomic E-state index is 12.7. The number of benzene rings is 2. The number of nitrogens with zero attached hydrogens (tertiary/aromatic N) is 1. The number of nitrogens with one attached hydrogen (secondary N) is 2. The molecular weight excluding hydrogens is 458 g/mol. The normalized spacial score (nSPS) is 14.5. The first kappa shape index (κ1) is 24.5. The van der Waals surface area contributed by atoms with Crippen LogP contribution < -0.4 is 10.9 Å². The summed E-state index contributed by atoms with van der Waals surface area (Å²) in [5.74, 6) is -0.602. The van der Waals surface area contributed by atoms with Gasteiger partial charge in [-0.05, 0) is 48.7 Å². The zero-order chi connectivity index (χ0) is 23.6. The Kier molecular flexibility index (Phi) is 9.03. The van der Waals surface area contributed by atoms with Crippen LogP contribution in [-0.4, -0.2) is 40.7 Å². The molecule has 0 atom stereocenters. The molecule has 0 aliphatic carbocycles. The molecule has 0 radical (unpaired) electrons. The molecule has 172 valence electrons. The molecule has 2 amide bonds. The van der Waals surface area contributed by atoms with E-state index in [1.165, 1.54) is 18.9 Å². The number of thioether (sulfide) groups is 1. The number of ether oxygens (including phenoxy) is 1. The van der Waals surface area contributed by atoms with E-state index in [0.29, 0.717) is 27.8 Å². The molecule has 0 spiro atoms. The predicted molar refractivity (Wildman–Crippen MR) is 134 cm³/mol. The van der Waals surface area contributed by atoms with Gasteiger partial charge in [-0.15, -0.1) is 0 Å². The Bertz CT molecular complexity index is 1040. The number of carbonyl (C=O) groups excluding carboxylic acids is 3. The molecule has 0 unspecified atom stereocenters. The summed E-state index contributed by atoms with van der Waals surface area (Å²) >= 11 is 6.65. The molecule has 0 bridgehead atoms. The highest BCUT2D eigenvalue weighted by molar-refractivity contribution is 8.26. The third kappa shape index (κ3) is 7.16. The summed E-state index contributed by atoms with van der Waals surface area (Å²) in [7, 11) is 1.33. The zero-order valence-corrected chi connectivity index (χ0v) is 19.8. The van der Waals surface area contributed by atoms with Crippen molar-refractivity contribution in [2.45, 2.75) is 25.7 Å². The van der Waals surface area contributed by atoms with Crippen LogP contribution in [0.3, 0.4) is 0 Å². The molecule has 9 heteroatoms. The van der Waals surface area contributed by atoms with Crippen LogP contribution >= 0.6 is 24.0 Å². The van der Waals surface area contributed by atoms with E-state index in [-0.39, 0.29) is 11.8 Å². The number of thiocarbonyl (C=S) groups is 1. The van der Waals surface area contributed by atoms with E-state index in [2.05, 4.69) is 10.9 Å². The third-order valence-corrected chi connectivity index (χ3v) is 6.29. The number of anilines is 1. The first-order chi connectivity index (χ1) is 16.0. The van der Waals surface area contributed by atoms with Crippen LogP contribution in [0.4, 0.5) is 5.69 Å². The first-order valence-corrected chi connectivity index (χ1v) is 11.7. The summed E-state index contributed by atoms with van der Waals surface area (Å²) in [6, 6.07) is 16.3. The largest absolute Gasteiger partial charge is 0.465 e. The zero-order valence-electron chi connectivity index (χ0n) is 18.2. The van der Waals surface area contributed by atoms with Gasteiger partial charge in [-0.3, -0.25) is 25.3 Å². The quantitative estimate of drug-likeness (QED) is 0.170. The Hall–Kier alpha value is -3.17. The van der Waals surface area contributed by atoms with Gasteiger partial charge in [0.15, 0.2) is 0 Å². The van der Waals surface area contributed by atoms with E-state index in [9.17, 15) is 14.4 Å². The van der Waals surface area contributed by atoms with Gasteiger partial charge in [0.1, 0.15) is 4.32 Å². The fourth-order valence-corrected chi connectivity index (χ4v) is 4.44. The van der Waals surface area contributed by atoms with Crippen molar-refractivity contribution >= 4 is 57.8 Å². The lowest BCUT2D eigenvalue weighted by Gasteiger charge is -2.14. The summed E-state index contributed by atoms with van der Waals surface area (Å²) < 4.78 is 5.22. The highest BCUT2D eigenvalue weighted by atomic mass is 32.2. The maximum Gasteiger partial charge on any atom is 0.337 e. The maximum absolute atomic E-state index is 12.7. The van der Waals surface area contributed by atoms with Crippen LogP contribution in [0.15, 0.2) is 59.5 Å². The van der Waals surface area contributed by atoms with Crippen LogP contribution in [0.25, 0.3) is 6.08 Å². The fraction of sp³-hybridized carbons (Fsp3) is 0.250. The van der Waals surface area contributed by atoms with Crippen molar-refractivity contribution in [2.24, 2.45) is 0 Å². The van der Waals surface area contributed by atoms with E-state index in [1.807, 2.05) is 30.3 Å². The SMILES string of the molecule is COC(=O)c1ccc(C=C2SC(=S)N(CCCCCC(=O)NNc3ccccc3)C2=O)cc1. The van der Waals surface area contributed by atoms with Crippen molar-refractivity contribution < 1.29 is 19.1 Å². The van der Waals surface area contributed by atoms with Gasteiger partial charge in [-0.1, -0.05) is 60.7 Å². The minimum atomic E-state index is -0.405. The summed E-state index contributed by atoms with van der Waals surface area (Å²) in [6.45, 7) is 0.521. The highest BCUT2D eigenvalue weighted by Gasteiger charge is 2.31. The number of unbranched alkanes of at least 4 members (excludes halogenated alkanes) is 2. The van der Waals surface area contributed by atoms with E-state index in [1.54, 1.807) is 35.2 Å². The van der Waals surface area contributed by atoms with Crippen LogP contribution in [-0.2, 0) is 14.3 Å². The number of esters is 1. The molecule has 0 saturated carbocycles. The molecule has 2 aromatic carbocycles. The van der Waals surface area contributed by atoms with Gasteiger partial charge in [0.25, 0.3) is 5.91 Å². The van der Waals surface area contributed by atoms with Crippen molar-refractivity contribution in [3.8, 4) is 0 Å². The first-order valence-electron chi connectivity index (χ1n) is 10.5. The smallest absolute Gasteiger partial charge is 0.337 e. The standard InChI is InChI=1S/C24H25N3O4S2/c1-31-23(30)18-13-11-17(12-14-18)16-20-22(29)27(24(32)33-20)15-7-3-6-10-21(28)26-25-19-8-4-2-5-9-19/h2,4-5,8-9,11-14,16,25H,3,6-7,10,15H2,1H3,(H,26,28). The lowest BCUT2D eigenvalue weighted by molar-refractivity contribution is -0.122. The molecule has 7 nitrogen and oxygen atoms in total. The number of carbonyl (C=O) groups is 3. The second-order valence-corrected chi connectivity index (χ2v) is 8.97.